The summed E-state index contributed by atoms with van der Waals surface area (Å²) in [6, 6.07) is 0. The van der Waals surface area contributed by atoms with Gasteiger partial charge in [-0.25, -0.2) is 0 Å². The molecule has 0 heterocycles. The Hall–Kier alpha value is 0.756. The molecule has 0 spiro atoms. The zero-order valence-corrected chi connectivity index (χ0v) is 12.1. The van der Waals surface area contributed by atoms with Gasteiger partial charge in [0.1, 0.15) is 0 Å². The summed E-state index contributed by atoms with van der Waals surface area (Å²) in [5, 5.41) is 8.62. The first-order valence-electron chi connectivity index (χ1n) is 4.09. The first-order valence-corrected chi connectivity index (χ1v) is 7.26. The Morgan fingerprint density at radius 3 is 2.29 bits per heavy atom. The fourth-order valence-electron chi connectivity index (χ4n) is 0.890. The van der Waals surface area contributed by atoms with Gasteiger partial charge in [-0.2, -0.15) is 0 Å². The van der Waals surface area contributed by atoms with Gasteiger partial charge in [0.15, 0.2) is 0 Å². The monoisotopic (exact) mass is 246 g/mol. The van der Waals surface area contributed by atoms with Crippen molar-refractivity contribution < 1.29 is 22.9 Å². The van der Waals surface area contributed by atoms with Crippen LogP contribution < -0.4 is 0 Å². The van der Waals surface area contributed by atoms with E-state index in [0.29, 0.717) is 12.0 Å². The quantitative estimate of drug-likeness (QED) is 0.410. The molecule has 0 aliphatic heterocycles. The molecule has 0 aromatic rings. The zero-order valence-electron chi connectivity index (χ0n) is 8.15. The molecule has 0 fully saturated rings. The molecule has 0 aliphatic carbocycles. The number of carboxylic acid groups (broad SMARTS) is 1. The van der Waals surface area contributed by atoms with Gasteiger partial charge < -0.3 is 0 Å². The van der Waals surface area contributed by atoms with Crippen LogP contribution in [0.5, 0.6) is 0 Å². The summed E-state index contributed by atoms with van der Waals surface area (Å²) in [7, 11) is -3.91. The molecule has 0 aromatic heterocycles. The summed E-state index contributed by atoms with van der Waals surface area (Å²) in [6.07, 6.45) is 0.721. The van der Waals surface area contributed by atoms with Crippen LogP contribution in [0.2, 0.25) is 0 Å². The van der Waals surface area contributed by atoms with Gasteiger partial charge in [-0.05, 0) is 0 Å². The average Bonchev–Trinajstić information content (AvgIpc) is 2.00. The van der Waals surface area contributed by atoms with Crippen LogP contribution in [0.4, 0.5) is 0 Å². The molecule has 14 heavy (non-hydrogen) atoms. The van der Waals surface area contributed by atoms with E-state index >= 15 is 0 Å². The molecule has 2 N–H and O–H groups in total. The van der Waals surface area contributed by atoms with E-state index in [1.807, 2.05) is 0 Å². The predicted octanol–water partition coefficient (Wildman–Crippen LogP) is 0.181. The molecule has 0 rings (SSSR count). The van der Waals surface area contributed by atoms with Crippen LogP contribution in [0.25, 0.3) is 0 Å². The van der Waals surface area contributed by atoms with E-state index in [4.69, 9.17) is 9.66 Å². The van der Waals surface area contributed by atoms with Gasteiger partial charge in [0, 0.05) is 0 Å². The van der Waals surface area contributed by atoms with E-state index in [1.54, 1.807) is 0 Å². The second-order valence-corrected chi connectivity index (χ2v) is 6.56. The molecule has 0 unspecified atom stereocenters. The van der Waals surface area contributed by atoms with E-state index in [2.05, 4.69) is 0 Å². The van der Waals surface area contributed by atoms with Crippen molar-refractivity contribution in [1.82, 2.24) is 0 Å². The van der Waals surface area contributed by atoms with Crippen LogP contribution in [-0.2, 0) is 14.9 Å². The summed E-state index contributed by atoms with van der Waals surface area (Å²) in [6.45, 7) is 1.51. The Morgan fingerprint density at radius 2 is 1.93 bits per heavy atom. The van der Waals surface area contributed by atoms with E-state index in [9.17, 15) is 13.2 Å². The second-order valence-electron chi connectivity index (χ2n) is 3.10. The minimum atomic E-state index is -3.91. The van der Waals surface area contributed by atoms with Crippen LogP contribution >= 0.6 is 0 Å². The van der Waals surface area contributed by atoms with Crippen molar-refractivity contribution in [3.63, 3.8) is 0 Å². The number of allylic oxidation sites excluding steroid dienone is 1. The zero-order chi connectivity index (χ0) is 11.4. The Labute approximate surface area is 117 Å². The standard InChI is InChI=1S/C7H11O5S.K/c1-6(7(8)9)4-2-3-5-13(10,11)12;/h2-3,5H2,1H3,(H,8,9)(H,10,11,12);. The fraction of sp³-hybridized carbons (Fsp3) is 0.571. The van der Waals surface area contributed by atoms with Crippen LogP contribution in [0.15, 0.2) is 5.24 Å². The third-order valence-electron chi connectivity index (χ3n) is 1.92. The van der Waals surface area contributed by atoms with Crippen molar-refractivity contribution in [2.75, 3.05) is 5.75 Å². The van der Waals surface area contributed by atoms with Crippen molar-refractivity contribution in [1.29, 1.82) is 0 Å². The molecule has 7 heteroatoms. The van der Waals surface area contributed by atoms with Crippen molar-refractivity contribution in [2.45, 2.75) is 19.8 Å². The topological polar surface area (TPSA) is 91.7 Å². The third-order valence-corrected chi connectivity index (χ3v) is 4.67. The molecule has 76 valence electrons. The summed E-state index contributed by atoms with van der Waals surface area (Å²) < 4.78 is 30.0. The molecule has 5 nitrogen and oxygen atoms in total. The number of rotatable bonds is 5. The van der Waals surface area contributed by atoms with Crippen molar-refractivity contribution in [3.8, 4) is 0 Å². The van der Waals surface area contributed by atoms with Crippen molar-refractivity contribution in [3.05, 3.63) is 5.24 Å². The van der Waals surface area contributed by atoms with Gasteiger partial charge >= 0.3 is 119 Å². The third kappa shape index (κ3) is 7.10. The average molecular weight is 246 g/mol. The molecule has 0 radical (unpaired) electrons. The van der Waals surface area contributed by atoms with Crippen molar-refractivity contribution in [2.24, 2.45) is 0 Å². The molecule has 0 aliphatic rings. The first-order chi connectivity index (χ1) is 6.24. The molecule has 0 saturated carbocycles. The first kappa shape index (κ1) is 14.8. The molecule has 0 amide bonds. The van der Waals surface area contributed by atoms with Crippen LogP contribution in [0, 0.1) is 0 Å². The molecule has 0 bridgehead atoms. The Kier molecular flexibility index (Phi) is 6.71. The normalized spacial score (nSPS) is 13.7. The van der Waals surface area contributed by atoms with Crippen LogP contribution in [-0.4, -0.2) is 78.8 Å². The van der Waals surface area contributed by atoms with Gasteiger partial charge in [0.05, 0.1) is 0 Å². The van der Waals surface area contributed by atoms with Crippen LogP contribution in [0.3, 0.4) is 0 Å². The molecular weight excluding hydrogens is 235 g/mol. The van der Waals surface area contributed by atoms with E-state index in [1.165, 1.54) is 6.92 Å². The van der Waals surface area contributed by atoms with Gasteiger partial charge in [-0.15, -0.1) is 0 Å². The van der Waals surface area contributed by atoms with Gasteiger partial charge in [0.2, 0.25) is 0 Å². The number of aliphatic carboxylic acids is 1. The van der Waals surface area contributed by atoms with Gasteiger partial charge in [-0.1, -0.05) is 0 Å². The molecule has 0 aromatic carbocycles. The molecular formula is C7H11KO5S. The summed E-state index contributed by atoms with van der Waals surface area (Å²) in [4.78, 5) is 10.5. The second kappa shape index (κ2) is 6.36. The summed E-state index contributed by atoms with van der Waals surface area (Å²) in [5.41, 5.74) is 0.306. The maximum atomic E-state index is 10.5. The number of carboxylic acids is 1. The number of hydrogen-bond donors (Lipinski definition) is 2. The van der Waals surface area contributed by atoms with E-state index in [0.717, 1.165) is -0.332 Å². The van der Waals surface area contributed by atoms with Crippen LogP contribution in [0.1, 0.15) is 19.8 Å². The Balaban J connectivity index is 4.16. The maximum absolute atomic E-state index is 10.5. The fourth-order valence-corrected chi connectivity index (χ4v) is 2.28. The van der Waals surface area contributed by atoms with Gasteiger partial charge in [0.25, 0.3) is 0 Å². The summed E-state index contributed by atoms with van der Waals surface area (Å²) in [5.74, 6) is -1.26. The SMILES string of the molecule is CC(C(=O)O)=[C]([K])CCCS(=O)(=O)O. The van der Waals surface area contributed by atoms with Crippen molar-refractivity contribution >= 4 is 65.0 Å². The number of carbonyl (C=O) groups is 1. The minimum absolute atomic E-state index is 0.231. The number of hydrogen-bond acceptors (Lipinski definition) is 3. The summed E-state index contributed by atoms with van der Waals surface area (Å²) >= 11 is 0.231. The molecule has 0 saturated heterocycles. The van der Waals surface area contributed by atoms with E-state index < -0.39 is 16.1 Å². The predicted molar refractivity (Wildman–Crippen MR) is 51.7 cm³/mol. The van der Waals surface area contributed by atoms with E-state index in [-0.39, 0.29) is 61.1 Å². The van der Waals surface area contributed by atoms with Gasteiger partial charge in [-0.3, -0.25) is 0 Å². The Morgan fingerprint density at radius 1 is 1.43 bits per heavy atom. The molecule has 0 atom stereocenters. The Bertz CT molecular complexity index is 343.